The highest BCUT2D eigenvalue weighted by molar-refractivity contribution is 6.62. The van der Waals surface area contributed by atoms with Crippen molar-refractivity contribution >= 4 is 17.0 Å². The lowest BCUT2D eigenvalue weighted by molar-refractivity contribution is 0.172. The Morgan fingerprint density at radius 1 is 1.25 bits per heavy atom. The minimum Gasteiger partial charge on any atom is -0.324 e. The fourth-order valence-electron chi connectivity index (χ4n) is 1.17. The summed E-state index contributed by atoms with van der Waals surface area (Å²) in [6.45, 7) is 8.15. The van der Waals surface area contributed by atoms with Gasteiger partial charge in [0.25, 0.3) is 0 Å². The van der Waals surface area contributed by atoms with Crippen LogP contribution >= 0.6 is 11.6 Å². The highest BCUT2D eigenvalue weighted by atomic mass is 35.5. The zero-order chi connectivity index (χ0) is 9.72. The van der Waals surface area contributed by atoms with Crippen LogP contribution in [0.3, 0.4) is 0 Å². The van der Waals surface area contributed by atoms with Crippen molar-refractivity contribution in [3.63, 3.8) is 0 Å². The summed E-state index contributed by atoms with van der Waals surface area (Å²) in [5, 5.41) is -0.335. The molecule has 0 fully saturated rings. The number of halogens is 1. The smallest absolute Gasteiger partial charge is 0.316 e. The molecule has 0 aliphatic heterocycles. The molecular weight excluding hydrogens is 174 g/mol. The Morgan fingerprint density at radius 3 is 1.75 bits per heavy atom. The summed E-state index contributed by atoms with van der Waals surface area (Å²) >= 11 is 5.48. The van der Waals surface area contributed by atoms with E-state index >= 15 is 0 Å². The Hall–Kier alpha value is -0.240. The lowest BCUT2D eigenvalue weighted by atomic mass is 10.1. The molecule has 0 aromatic carbocycles. The van der Waals surface area contributed by atoms with Gasteiger partial charge < -0.3 is 4.90 Å². The first-order chi connectivity index (χ1) is 5.54. The van der Waals surface area contributed by atoms with Crippen molar-refractivity contribution < 1.29 is 4.79 Å². The van der Waals surface area contributed by atoms with E-state index in [2.05, 4.69) is 13.8 Å². The van der Waals surface area contributed by atoms with Gasteiger partial charge >= 0.3 is 5.37 Å². The van der Waals surface area contributed by atoms with Crippen LogP contribution in [0.15, 0.2) is 0 Å². The molecule has 0 N–H and O–H groups in total. The Bertz CT molecular complexity index is 139. The first-order valence-electron chi connectivity index (χ1n) is 4.52. The van der Waals surface area contributed by atoms with Crippen molar-refractivity contribution in [2.75, 3.05) is 0 Å². The largest absolute Gasteiger partial charge is 0.324 e. The molecule has 2 nitrogen and oxygen atoms in total. The van der Waals surface area contributed by atoms with Crippen LogP contribution in [0.1, 0.15) is 40.5 Å². The zero-order valence-electron chi connectivity index (χ0n) is 8.30. The van der Waals surface area contributed by atoms with Crippen LogP contribution in [-0.2, 0) is 0 Å². The van der Waals surface area contributed by atoms with E-state index in [4.69, 9.17) is 11.6 Å². The molecule has 0 aliphatic rings. The van der Waals surface area contributed by atoms with Gasteiger partial charge in [-0.3, -0.25) is 4.79 Å². The minimum absolute atomic E-state index is 0.241. The molecule has 0 saturated carbocycles. The molecular formula is C9H18ClNO. The summed E-state index contributed by atoms with van der Waals surface area (Å²) in [5.74, 6) is 0. The number of rotatable bonds is 4. The van der Waals surface area contributed by atoms with Crippen LogP contribution in [0.4, 0.5) is 4.79 Å². The van der Waals surface area contributed by atoms with Gasteiger partial charge in [0.15, 0.2) is 0 Å². The second kappa shape index (κ2) is 5.41. The van der Waals surface area contributed by atoms with Gasteiger partial charge in [-0.1, -0.05) is 13.8 Å². The number of hydrogen-bond donors (Lipinski definition) is 0. The monoisotopic (exact) mass is 191 g/mol. The molecule has 0 aromatic rings. The summed E-state index contributed by atoms with van der Waals surface area (Å²) < 4.78 is 0. The predicted molar refractivity (Wildman–Crippen MR) is 52.6 cm³/mol. The highest BCUT2D eigenvalue weighted by Crippen LogP contribution is 2.13. The molecule has 72 valence electrons. The molecule has 0 radical (unpaired) electrons. The maximum atomic E-state index is 11.0. The molecule has 0 spiro atoms. The molecule has 1 amide bonds. The summed E-state index contributed by atoms with van der Waals surface area (Å²) in [4.78, 5) is 12.8. The number of carbonyl (C=O) groups excluding carboxylic acids is 1. The molecule has 0 bridgehead atoms. The Morgan fingerprint density at radius 2 is 1.58 bits per heavy atom. The quantitative estimate of drug-likeness (QED) is 0.494. The van der Waals surface area contributed by atoms with Crippen molar-refractivity contribution in [3.8, 4) is 0 Å². The van der Waals surface area contributed by atoms with E-state index < -0.39 is 0 Å². The third kappa shape index (κ3) is 3.02. The van der Waals surface area contributed by atoms with E-state index in [1.165, 1.54) is 0 Å². The number of nitrogens with zero attached hydrogens (tertiary/aromatic N) is 1. The van der Waals surface area contributed by atoms with Gasteiger partial charge in [-0.15, -0.1) is 0 Å². The first-order valence-corrected chi connectivity index (χ1v) is 4.90. The Balaban J connectivity index is 4.32. The summed E-state index contributed by atoms with van der Waals surface area (Å²) in [7, 11) is 0. The van der Waals surface area contributed by atoms with Crippen molar-refractivity contribution in [2.45, 2.75) is 52.6 Å². The average molecular weight is 192 g/mol. The summed E-state index contributed by atoms with van der Waals surface area (Å²) in [6, 6.07) is 0.481. The van der Waals surface area contributed by atoms with E-state index in [0.717, 1.165) is 12.8 Å². The highest BCUT2D eigenvalue weighted by Gasteiger charge is 2.21. The van der Waals surface area contributed by atoms with Crippen molar-refractivity contribution in [3.05, 3.63) is 0 Å². The van der Waals surface area contributed by atoms with Gasteiger partial charge in [0.2, 0.25) is 0 Å². The maximum Gasteiger partial charge on any atom is 0.316 e. The molecule has 0 rings (SSSR count). The fourth-order valence-corrected chi connectivity index (χ4v) is 1.51. The molecule has 0 saturated heterocycles. The van der Waals surface area contributed by atoms with Gasteiger partial charge in [-0.25, -0.2) is 0 Å². The number of amides is 1. The van der Waals surface area contributed by atoms with E-state index in [9.17, 15) is 4.79 Å². The van der Waals surface area contributed by atoms with Crippen molar-refractivity contribution in [1.29, 1.82) is 0 Å². The zero-order valence-corrected chi connectivity index (χ0v) is 9.06. The van der Waals surface area contributed by atoms with Crippen LogP contribution in [0, 0.1) is 0 Å². The van der Waals surface area contributed by atoms with Crippen LogP contribution in [0.5, 0.6) is 0 Å². The molecule has 0 heterocycles. The SMILES string of the molecule is CC[C@H](C)N(C(=O)Cl)[C@@H](C)CC. The fraction of sp³-hybridized carbons (Fsp3) is 0.889. The third-order valence-electron chi connectivity index (χ3n) is 2.33. The van der Waals surface area contributed by atoms with Crippen LogP contribution in [0.2, 0.25) is 0 Å². The summed E-state index contributed by atoms with van der Waals surface area (Å²) in [6.07, 6.45) is 1.89. The Kier molecular flexibility index (Phi) is 5.31. The van der Waals surface area contributed by atoms with Gasteiger partial charge in [0.1, 0.15) is 0 Å². The van der Waals surface area contributed by atoms with E-state index in [-0.39, 0.29) is 17.5 Å². The minimum atomic E-state index is -0.335. The molecule has 0 aromatic heterocycles. The van der Waals surface area contributed by atoms with E-state index in [0.29, 0.717) is 0 Å². The molecule has 12 heavy (non-hydrogen) atoms. The molecule has 0 unspecified atom stereocenters. The van der Waals surface area contributed by atoms with Crippen LogP contribution in [-0.4, -0.2) is 22.3 Å². The van der Waals surface area contributed by atoms with Crippen LogP contribution < -0.4 is 0 Å². The number of hydrogen-bond acceptors (Lipinski definition) is 1. The second-order valence-corrected chi connectivity index (χ2v) is 3.50. The summed E-state index contributed by atoms with van der Waals surface area (Å²) in [5.41, 5.74) is 0. The van der Waals surface area contributed by atoms with Gasteiger partial charge in [0, 0.05) is 12.1 Å². The van der Waals surface area contributed by atoms with Crippen molar-refractivity contribution in [1.82, 2.24) is 4.90 Å². The van der Waals surface area contributed by atoms with E-state index in [1.54, 1.807) is 4.90 Å². The Labute approximate surface area is 79.9 Å². The number of carbonyl (C=O) groups is 1. The standard InChI is InChI=1S/C9H18ClNO/c1-5-7(3)11(9(10)12)8(4)6-2/h7-8H,5-6H2,1-4H3/t7-,8-/m0/s1. The maximum absolute atomic E-state index is 11.0. The molecule has 3 heteroatoms. The second-order valence-electron chi connectivity index (χ2n) is 3.17. The predicted octanol–water partition coefficient (Wildman–Crippen LogP) is 3.24. The van der Waals surface area contributed by atoms with Gasteiger partial charge in [0.05, 0.1) is 0 Å². The van der Waals surface area contributed by atoms with Gasteiger partial charge in [-0.2, -0.15) is 0 Å². The third-order valence-corrected chi connectivity index (χ3v) is 2.53. The average Bonchev–Trinajstić information content (AvgIpc) is 2.03. The van der Waals surface area contributed by atoms with Crippen LogP contribution in [0.25, 0.3) is 0 Å². The normalized spacial score (nSPS) is 15.4. The van der Waals surface area contributed by atoms with Crippen molar-refractivity contribution in [2.24, 2.45) is 0 Å². The molecule has 0 aliphatic carbocycles. The van der Waals surface area contributed by atoms with E-state index in [1.807, 2.05) is 13.8 Å². The van der Waals surface area contributed by atoms with Gasteiger partial charge in [-0.05, 0) is 38.3 Å². The molecule has 2 atom stereocenters. The lowest BCUT2D eigenvalue weighted by Crippen LogP contribution is -2.41. The lowest BCUT2D eigenvalue weighted by Gasteiger charge is -2.31. The first kappa shape index (κ1) is 11.8. The topological polar surface area (TPSA) is 20.3 Å².